The maximum absolute atomic E-state index is 10.6. The van der Waals surface area contributed by atoms with Crippen LogP contribution < -0.4 is 0 Å². The molecule has 94 valence electrons. The zero-order valence-corrected chi connectivity index (χ0v) is 9.72. The highest BCUT2D eigenvalue weighted by atomic mass is 16.5. The van der Waals surface area contributed by atoms with Crippen LogP contribution in [-0.4, -0.2) is 30.4 Å². The molecule has 2 heterocycles. The molecule has 1 aliphatic rings. The summed E-state index contributed by atoms with van der Waals surface area (Å²) in [7, 11) is 0. The van der Waals surface area contributed by atoms with Crippen molar-refractivity contribution in [3.8, 4) is 0 Å². The first-order valence-electron chi connectivity index (χ1n) is 5.73. The molecule has 2 unspecified atom stereocenters. The van der Waals surface area contributed by atoms with E-state index in [1.807, 2.05) is 6.92 Å². The van der Waals surface area contributed by atoms with Crippen molar-refractivity contribution in [1.82, 2.24) is 0 Å². The highest BCUT2D eigenvalue weighted by molar-refractivity contribution is 5.84. The molecular formula is C12H16O5. The van der Waals surface area contributed by atoms with Crippen LogP contribution in [0.1, 0.15) is 42.2 Å². The Bertz CT molecular complexity index is 378. The molecule has 2 rings (SSSR count). The molecule has 0 spiro atoms. The van der Waals surface area contributed by atoms with E-state index in [2.05, 4.69) is 0 Å². The molecule has 1 aromatic rings. The number of carboxylic acid groups (broad SMARTS) is 1. The average Bonchev–Trinajstić information content (AvgIpc) is 2.96. The standard InChI is InChI=1S/C12H16O5/c1-8(16-7-9-3-2-6-15-9)10-4-5-11(17-10)12(13)14/h4-5,8-9H,2-3,6-7H2,1H3,(H,13,14). The maximum atomic E-state index is 10.6. The summed E-state index contributed by atoms with van der Waals surface area (Å²) in [5.41, 5.74) is 0. The molecule has 0 bridgehead atoms. The monoisotopic (exact) mass is 240 g/mol. The van der Waals surface area contributed by atoms with E-state index in [1.165, 1.54) is 6.07 Å². The van der Waals surface area contributed by atoms with Gasteiger partial charge in [-0.25, -0.2) is 4.79 Å². The van der Waals surface area contributed by atoms with Crippen LogP contribution in [0.25, 0.3) is 0 Å². The predicted octanol–water partition coefficient (Wildman–Crippen LogP) is 2.23. The van der Waals surface area contributed by atoms with Crippen LogP contribution in [0.5, 0.6) is 0 Å². The average molecular weight is 240 g/mol. The van der Waals surface area contributed by atoms with Gasteiger partial charge in [-0.15, -0.1) is 0 Å². The fourth-order valence-electron chi connectivity index (χ4n) is 1.80. The molecule has 1 aromatic heterocycles. The van der Waals surface area contributed by atoms with Crippen LogP contribution in [0.2, 0.25) is 0 Å². The van der Waals surface area contributed by atoms with Crippen molar-refractivity contribution in [2.45, 2.75) is 32.0 Å². The van der Waals surface area contributed by atoms with E-state index in [4.69, 9.17) is 19.0 Å². The van der Waals surface area contributed by atoms with Crippen LogP contribution in [0, 0.1) is 0 Å². The first-order chi connectivity index (χ1) is 8.16. The van der Waals surface area contributed by atoms with E-state index in [0.717, 1.165) is 19.4 Å². The molecule has 0 radical (unpaired) electrons. The summed E-state index contributed by atoms with van der Waals surface area (Å²) in [5.74, 6) is -0.601. The van der Waals surface area contributed by atoms with E-state index in [9.17, 15) is 4.79 Å². The Labute approximate surface area is 99.3 Å². The third-order valence-corrected chi connectivity index (χ3v) is 2.79. The van der Waals surface area contributed by atoms with Gasteiger partial charge in [-0.1, -0.05) is 0 Å². The lowest BCUT2D eigenvalue weighted by Gasteiger charge is -2.14. The number of carboxylic acids is 1. The quantitative estimate of drug-likeness (QED) is 0.854. The van der Waals surface area contributed by atoms with Gasteiger partial charge in [0.25, 0.3) is 0 Å². The van der Waals surface area contributed by atoms with Gasteiger partial charge in [0.05, 0.1) is 12.7 Å². The van der Waals surface area contributed by atoms with Gasteiger partial charge in [0.15, 0.2) is 0 Å². The van der Waals surface area contributed by atoms with Crippen LogP contribution in [0.3, 0.4) is 0 Å². The third kappa shape index (κ3) is 3.08. The molecule has 2 atom stereocenters. The Balaban J connectivity index is 1.85. The highest BCUT2D eigenvalue weighted by Gasteiger charge is 2.19. The molecule has 0 aromatic carbocycles. The molecule has 5 heteroatoms. The zero-order chi connectivity index (χ0) is 12.3. The molecule has 17 heavy (non-hydrogen) atoms. The van der Waals surface area contributed by atoms with Crippen molar-refractivity contribution >= 4 is 5.97 Å². The Morgan fingerprint density at radius 3 is 3.06 bits per heavy atom. The van der Waals surface area contributed by atoms with Crippen molar-refractivity contribution in [2.24, 2.45) is 0 Å². The van der Waals surface area contributed by atoms with E-state index >= 15 is 0 Å². The normalized spacial score (nSPS) is 21.6. The number of furan rings is 1. The molecular weight excluding hydrogens is 224 g/mol. The second-order valence-corrected chi connectivity index (χ2v) is 4.12. The lowest BCUT2D eigenvalue weighted by atomic mass is 10.2. The lowest BCUT2D eigenvalue weighted by Crippen LogP contribution is -2.15. The molecule has 1 N–H and O–H groups in total. The van der Waals surface area contributed by atoms with Crippen LogP contribution in [0.4, 0.5) is 0 Å². The van der Waals surface area contributed by atoms with E-state index in [-0.39, 0.29) is 18.0 Å². The van der Waals surface area contributed by atoms with Gasteiger partial charge in [0.1, 0.15) is 11.9 Å². The van der Waals surface area contributed by atoms with Crippen LogP contribution in [0.15, 0.2) is 16.5 Å². The SMILES string of the molecule is CC(OCC1CCCO1)c1ccc(C(=O)O)o1. The third-order valence-electron chi connectivity index (χ3n) is 2.79. The summed E-state index contributed by atoms with van der Waals surface area (Å²) in [6.45, 7) is 3.15. The summed E-state index contributed by atoms with van der Waals surface area (Å²) < 4.78 is 16.2. The van der Waals surface area contributed by atoms with Gasteiger partial charge in [-0.3, -0.25) is 0 Å². The Morgan fingerprint density at radius 1 is 1.65 bits per heavy atom. The second-order valence-electron chi connectivity index (χ2n) is 4.12. The number of carbonyl (C=O) groups is 1. The Morgan fingerprint density at radius 2 is 2.47 bits per heavy atom. The number of hydrogen-bond acceptors (Lipinski definition) is 4. The van der Waals surface area contributed by atoms with Gasteiger partial charge < -0.3 is 19.0 Å². The first-order valence-corrected chi connectivity index (χ1v) is 5.73. The molecule has 1 fully saturated rings. The summed E-state index contributed by atoms with van der Waals surface area (Å²) in [5, 5.41) is 8.73. The number of hydrogen-bond donors (Lipinski definition) is 1. The zero-order valence-electron chi connectivity index (χ0n) is 9.72. The minimum atomic E-state index is -1.07. The van der Waals surface area contributed by atoms with Gasteiger partial charge in [-0.2, -0.15) is 0 Å². The molecule has 0 saturated carbocycles. The fourth-order valence-corrected chi connectivity index (χ4v) is 1.80. The van der Waals surface area contributed by atoms with Gasteiger partial charge in [0, 0.05) is 6.61 Å². The minimum Gasteiger partial charge on any atom is -0.475 e. The van der Waals surface area contributed by atoms with Crippen molar-refractivity contribution in [3.63, 3.8) is 0 Å². The molecule has 1 aliphatic heterocycles. The smallest absolute Gasteiger partial charge is 0.371 e. The van der Waals surface area contributed by atoms with Gasteiger partial charge in [-0.05, 0) is 31.9 Å². The Hall–Kier alpha value is -1.33. The van der Waals surface area contributed by atoms with Crippen molar-refractivity contribution in [1.29, 1.82) is 0 Å². The number of aromatic carboxylic acids is 1. The molecule has 0 aliphatic carbocycles. The topological polar surface area (TPSA) is 68.9 Å². The highest BCUT2D eigenvalue weighted by Crippen LogP contribution is 2.21. The van der Waals surface area contributed by atoms with Crippen LogP contribution in [-0.2, 0) is 9.47 Å². The van der Waals surface area contributed by atoms with E-state index in [1.54, 1.807) is 6.07 Å². The van der Waals surface area contributed by atoms with Crippen LogP contribution >= 0.6 is 0 Å². The lowest BCUT2D eigenvalue weighted by molar-refractivity contribution is -0.0219. The van der Waals surface area contributed by atoms with Gasteiger partial charge in [0.2, 0.25) is 5.76 Å². The summed E-state index contributed by atoms with van der Waals surface area (Å²) in [6, 6.07) is 3.06. The Kier molecular flexibility index (Phi) is 3.81. The molecule has 1 saturated heterocycles. The summed E-state index contributed by atoms with van der Waals surface area (Å²) in [4.78, 5) is 10.6. The summed E-state index contributed by atoms with van der Waals surface area (Å²) >= 11 is 0. The van der Waals surface area contributed by atoms with Crippen molar-refractivity contribution < 1.29 is 23.8 Å². The van der Waals surface area contributed by atoms with E-state index < -0.39 is 5.97 Å². The molecule has 5 nitrogen and oxygen atoms in total. The van der Waals surface area contributed by atoms with E-state index in [0.29, 0.717) is 12.4 Å². The second kappa shape index (κ2) is 5.33. The minimum absolute atomic E-state index is 0.0624. The fraction of sp³-hybridized carbons (Fsp3) is 0.583. The number of ether oxygens (including phenoxy) is 2. The summed E-state index contributed by atoms with van der Waals surface area (Å²) in [6.07, 6.45) is 2.00. The molecule has 0 amide bonds. The van der Waals surface area contributed by atoms with Crippen molar-refractivity contribution in [3.05, 3.63) is 23.7 Å². The predicted molar refractivity (Wildman–Crippen MR) is 59.0 cm³/mol. The number of rotatable bonds is 5. The first kappa shape index (κ1) is 12.1. The maximum Gasteiger partial charge on any atom is 0.371 e. The van der Waals surface area contributed by atoms with Crippen molar-refractivity contribution in [2.75, 3.05) is 13.2 Å². The van der Waals surface area contributed by atoms with Gasteiger partial charge >= 0.3 is 5.97 Å². The largest absolute Gasteiger partial charge is 0.475 e.